The average Bonchev–Trinajstić information content (AvgIpc) is 2.33. The van der Waals surface area contributed by atoms with E-state index in [1.165, 1.54) is 0 Å². The summed E-state index contributed by atoms with van der Waals surface area (Å²) in [5, 5.41) is 0. The topological polar surface area (TPSA) is 29.5 Å². The smallest absolute Gasteiger partial charge is 0.139 e. The van der Waals surface area contributed by atoms with Crippen LogP contribution in [0.5, 0.6) is 5.75 Å². The van der Waals surface area contributed by atoms with Gasteiger partial charge in [0.25, 0.3) is 0 Å². The van der Waals surface area contributed by atoms with E-state index in [-0.39, 0.29) is 5.92 Å². The number of ether oxygens (including phenoxy) is 1. The van der Waals surface area contributed by atoms with E-state index in [1.54, 1.807) is 7.11 Å². The van der Waals surface area contributed by atoms with Crippen LogP contribution in [0.25, 0.3) is 0 Å². The molecule has 0 aliphatic carbocycles. The van der Waals surface area contributed by atoms with Crippen molar-refractivity contribution >= 4 is 11.5 Å². The Morgan fingerprint density at radius 2 is 2.25 bits per heavy atom. The molecule has 3 nitrogen and oxygen atoms in total. The summed E-state index contributed by atoms with van der Waals surface area (Å²) in [6, 6.07) is 7.99. The lowest BCUT2D eigenvalue weighted by Gasteiger charge is -2.32. The average molecular weight is 219 g/mol. The van der Waals surface area contributed by atoms with Gasteiger partial charge in [-0.3, -0.25) is 4.79 Å². The largest absolute Gasteiger partial charge is 0.497 e. The van der Waals surface area contributed by atoms with Crippen LogP contribution in [-0.4, -0.2) is 26.0 Å². The van der Waals surface area contributed by atoms with Crippen LogP contribution in [-0.2, 0) is 4.79 Å². The Morgan fingerprint density at radius 1 is 1.44 bits per heavy atom. The molecule has 1 aliphatic rings. The van der Waals surface area contributed by atoms with Crippen molar-refractivity contribution in [2.75, 3.05) is 25.1 Å². The number of methoxy groups -OCH3 is 1. The summed E-state index contributed by atoms with van der Waals surface area (Å²) >= 11 is 0. The maximum absolute atomic E-state index is 11.4. The highest BCUT2D eigenvalue weighted by Crippen LogP contribution is 2.24. The normalized spacial score (nSPS) is 21.0. The highest BCUT2D eigenvalue weighted by Gasteiger charge is 2.23. The first-order chi connectivity index (χ1) is 7.70. The zero-order chi connectivity index (χ0) is 11.5. The molecule has 0 N–H and O–H groups in total. The molecule has 1 aromatic rings. The van der Waals surface area contributed by atoms with Crippen LogP contribution < -0.4 is 9.64 Å². The molecule has 1 aliphatic heterocycles. The Balaban J connectivity index is 2.15. The van der Waals surface area contributed by atoms with Crippen molar-refractivity contribution in [3.8, 4) is 5.75 Å². The van der Waals surface area contributed by atoms with Gasteiger partial charge in [0.15, 0.2) is 0 Å². The number of nitrogens with zero attached hydrogens (tertiary/aromatic N) is 1. The fourth-order valence-electron chi connectivity index (χ4n) is 2.06. The molecule has 1 atom stereocenters. The first-order valence-corrected chi connectivity index (χ1v) is 5.62. The number of rotatable bonds is 2. The first-order valence-electron chi connectivity index (χ1n) is 5.62. The van der Waals surface area contributed by atoms with Crippen LogP contribution in [0, 0.1) is 5.92 Å². The van der Waals surface area contributed by atoms with E-state index in [2.05, 4.69) is 11.0 Å². The number of carbonyl (C=O) groups excluding carboxylic acids is 1. The number of hydrogen-bond donors (Lipinski definition) is 0. The van der Waals surface area contributed by atoms with Gasteiger partial charge in [-0.2, -0.15) is 0 Å². The number of piperidine rings is 1. The number of ketones is 1. The van der Waals surface area contributed by atoms with Crippen molar-refractivity contribution in [3.63, 3.8) is 0 Å². The summed E-state index contributed by atoms with van der Waals surface area (Å²) < 4.78 is 5.20. The van der Waals surface area contributed by atoms with Crippen molar-refractivity contribution in [3.05, 3.63) is 24.3 Å². The van der Waals surface area contributed by atoms with Crippen molar-refractivity contribution < 1.29 is 9.53 Å². The predicted octanol–water partition coefficient (Wildman–Crippen LogP) is 2.11. The van der Waals surface area contributed by atoms with Gasteiger partial charge in [0.1, 0.15) is 11.5 Å². The molecule has 3 heteroatoms. The molecular formula is C13H17NO2. The Kier molecular flexibility index (Phi) is 3.13. The van der Waals surface area contributed by atoms with Gasteiger partial charge in [-0.05, 0) is 12.1 Å². The van der Waals surface area contributed by atoms with E-state index in [1.807, 2.05) is 25.1 Å². The molecule has 16 heavy (non-hydrogen) atoms. The molecule has 1 aromatic carbocycles. The van der Waals surface area contributed by atoms with Crippen molar-refractivity contribution in [2.24, 2.45) is 5.92 Å². The van der Waals surface area contributed by atoms with Crippen LogP contribution in [0.2, 0.25) is 0 Å². The molecule has 0 spiro atoms. The number of Topliss-reactive ketones (excluding diaryl/α,β-unsaturated/α-hetero) is 1. The van der Waals surface area contributed by atoms with Gasteiger partial charge in [0.2, 0.25) is 0 Å². The minimum atomic E-state index is 0.139. The number of benzene rings is 1. The highest BCUT2D eigenvalue weighted by atomic mass is 16.5. The molecule has 1 saturated heterocycles. The molecular weight excluding hydrogens is 202 g/mol. The zero-order valence-electron chi connectivity index (χ0n) is 9.77. The van der Waals surface area contributed by atoms with Crippen molar-refractivity contribution in [1.29, 1.82) is 0 Å². The lowest BCUT2D eigenvalue weighted by Crippen LogP contribution is -2.39. The van der Waals surface area contributed by atoms with Crippen LogP contribution in [0.15, 0.2) is 24.3 Å². The second-order valence-corrected chi connectivity index (χ2v) is 4.26. The fraction of sp³-hybridized carbons (Fsp3) is 0.462. The summed E-state index contributed by atoms with van der Waals surface area (Å²) in [6.45, 7) is 3.62. The lowest BCUT2D eigenvalue weighted by molar-refractivity contribution is -0.122. The highest BCUT2D eigenvalue weighted by molar-refractivity contribution is 5.83. The SMILES string of the molecule is COc1cccc(N2CCC(=O)C(C)C2)c1. The molecule has 86 valence electrons. The molecule has 0 saturated carbocycles. The minimum absolute atomic E-state index is 0.139. The number of anilines is 1. The second kappa shape index (κ2) is 4.56. The van der Waals surface area contributed by atoms with Gasteiger partial charge < -0.3 is 9.64 Å². The molecule has 0 amide bonds. The third-order valence-corrected chi connectivity index (χ3v) is 3.09. The van der Waals surface area contributed by atoms with E-state index < -0.39 is 0 Å². The van der Waals surface area contributed by atoms with Crippen molar-refractivity contribution in [2.45, 2.75) is 13.3 Å². The monoisotopic (exact) mass is 219 g/mol. The van der Waals surface area contributed by atoms with E-state index in [0.29, 0.717) is 12.2 Å². The van der Waals surface area contributed by atoms with Crippen molar-refractivity contribution in [1.82, 2.24) is 0 Å². The summed E-state index contributed by atoms with van der Waals surface area (Å²) in [7, 11) is 1.67. The molecule has 2 rings (SSSR count). The van der Waals surface area contributed by atoms with Crippen LogP contribution >= 0.6 is 0 Å². The van der Waals surface area contributed by atoms with Crippen LogP contribution in [0.1, 0.15) is 13.3 Å². The lowest BCUT2D eigenvalue weighted by atomic mass is 9.98. The summed E-state index contributed by atoms with van der Waals surface area (Å²) in [5.74, 6) is 1.38. The molecule has 0 radical (unpaired) electrons. The van der Waals surface area contributed by atoms with Gasteiger partial charge in [0, 0.05) is 37.2 Å². The summed E-state index contributed by atoms with van der Waals surface area (Å²) in [6.07, 6.45) is 0.651. The third-order valence-electron chi connectivity index (χ3n) is 3.09. The number of hydrogen-bond acceptors (Lipinski definition) is 3. The maximum atomic E-state index is 11.4. The summed E-state index contributed by atoms with van der Waals surface area (Å²) in [5.41, 5.74) is 1.14. The van der Waals surface area contributed by atoms with Crippen LogP contribution in [0.3, 0.4) is 0 Å². The van der Waals surface area contributed by atoms with Gasteiger partial charge >= 0.3 is 0 Å². The summed E-state index contributed by atoms with van der Waals surface area (Å²) in [4.78, 5) is 13.7. The molecule has 0 aromatic heterocycles. The van der Waals surface area contributed by atoms with E-state index in [9.17, 15) is 4.79 Å². The number of carbonyl (C=O) groups is 1. The predicted molar refractivity (Wildman–Crippen MR) is 64.0 cm³/mol. The van der Waals surface area contributed by atoms with E-state index >= 15 is 0 Å². The third kappa shape index (κ3) is 2.18. The van der Waals surface area contributed by atoms with Gasteiger partial charge in [-0.1, -0.05) is 13.0 Å². The Morgan fingerprint density at radius 3 is 2.94 bits per heavy atom. The second-order valence-electron chi connectivity index (χ2n) is 4.26. The minimum Gasteiger partial charge on any atom is -0.497 e. The fourth-order valence-corrected chi connectivity index (χ4v) is 2.06. The molecule has 1 fully saturated rings. The molecule has 1 heterocycles. The standard InChI is InChI=1S/C13H17NO2/c1-10-9-14(7-6-13(10)15)11-4-3-5-12(8-11)16-2/h3-5,8,10H,6-7,9H2,1-2H3. The van der Waals surface area contributed by atoms with Crippen LogP contribution in [0.4, 0.5) is 5.69 Å². The van der Waals surface area contributed by atoms with E-state index in [4.69, 9.17) is 4.74 Å². The Bertz CT molecular complexity index is 389. The van der Waals surface area contributed by atoms with E-state index in [0.717, 1.165) is 24.5 Å². The molecule has 0 bridgehead atoms. The van der Waals surface area contributed by atoms with Gasteiger partial charge in [0.05, 0.1) is 7.11 Å². The quantitative estimate of drug-likeness (QED) is 0.763. The zero-order valence-corrected chi connectivity index (χ0v) is 9.77. The maximum Gasteiger partial charge on any atom is 0.139 e. The molecule has 1 unspecified atom stereocenters. The van der Waals surface area contributed by atoms with Gasteiger partial charge in [-0.15, -0.1) is 0 Å². The Hall–Kier alpha value is -1.51. The first kappa shape index (κ1) is 11.0. The Labute approximate surface area is 96.0 Å². The van der Waals surface area contributed by atoms with Gasteiger partial charge in [-0.25, -0.2) is 0 Å².